The van der Waals surface area contributed by atoms with Crippen LogP contribution in [0.4, 0.5) is 0 Å². The van der Waals surface area contributed by atoms with Crippen molar-refractivity contribution in [3.8, 4) is 5.75 Å². The van der Waals surface area contributed by atoms with Gasteiger partial charge in [-0.1, -0.05) is 12.1 Å². The minimum absolute atomic E-state index is 0.0271. The van der Waals surface area contributed by atoms with Crippen LogP contribution in [0, 0.1) is 13.8 Å². The van der Waals surface area contributed by atoms with Crippen LogP contribution in [0.25, 0.3) is 0 Å². The summed E-state index contributed by atoms with van der Waals surface area (Å²) in [5, 5.41) is 2.70. The van der Waals surface area contributed by atoms with Crippen LogP contribution < -0.4 is 15.8 Å². The molecule has 0 aliphatic carbocycles. The number of hydrogen-bond acceptors (Lipinski definition) is 3. The van der Waals surface area contributed by atoms with Crippen molar-refractivity contribution in [2.75, 3.05) is 19.7 Å². The van der Waals surface area contributed by atoms with Crippen LogP contribution in [0.2, 0.25) is 0 Å². The van der Waals surface area contributed by atoms with Crippen molar-refractivity contribution in [1.29, 1.82) is 0 Å². The fourth-order valence-electron chi connectivity index (χ4n) is 1.43. The summed E-state index contributed by atoms with van der Waals surface area (Å²) in [4.78, 5) is 11.3. The molecule has 0 unspecified atom stereocenters. The van der Waals surface area contributed by atoms with Gasteiger partial charge in [0.05, 0.1) is 13.0 Å². The number of aryl methyl sites for hydroxylation is 1. The molecule has 0 saturated carbocycles. The Hall–Kier alpha value is -1.55. The van der Waals surface area contributed by atoms with Gasteiger partial charge in [0.2, 0.25) is 5.91 Å². The molecule has 0 radical (unpaired) electrons. The van der Waals surface area contributed by atoms with Crippen LogP contribution in [0.5, 0.6) is 5.75 Å². The third kappa shape index (κ3) is 4.44. The Bertz CT molecular complexity index is 378. The van der Waals surface area contributed by atoms with Crippen molar-refractivity contribution in [3.05, 3.63) is 29.3 Å². The van der Waals surface area contributed by atoms with Crippen LogP contribution in [0.15, 0.2) is 18.2 Å². The maximum absolute atomic E-state index is 11.3. The van der Waals surface area contributed by atoms with E-state index < -0.39 is 0 Å². The molecule has 0 aliphatic rings. The van der Waals surface area contributed by atoms with Gasteiger partial charge >= 0.3 is 0 Å². The van der Waals surface area contributed by atoms with Gasteiger partial charge in [0.1, 0.15) is 5.75 Å². The summed E-state index contributed by atoms with van der Waals surface area (Å²) in [5.41, 5.74) is 7.60. The molecule has 4 nitrogen and oxygen atoms in total. The lowest BCUT2D eigenvalue weighted by Crippen LogP contribution is -2.29. The zero-order valence-electron chi connectivity index (χ0n) is 10.5. The number of carbonyl (C=O) groups excluding carboxylic acids is 1. The predicted octanol–water partition coefficient (Wildman–Crippen LogP) is 1.15. The van der Waals surface area contributed by atoms with E-state index in [0.29, 0.717) is 26.1 Å². The number of benzene rings is 1. The van der Waals surface area contributed by atoms with Gasteiger partial charge in [0.25, 0.3) is 0 Å². The average Bonchev–Trinajstić information content (AvgIpc) is 2.32. The van der Waals surface area contributed by atoms with Gasteiger partial charge in [0.15, 0.2) is 0 Å². The molecule has 0 spiro atoms. The third-order valence-corrected chi connectivity index (χ3v) is 2.61. The lowest BCUT2D eigenvalue weighted by Gasteiger charge is -2.10. The van der Waals surface area contributed by atoms with Crippen molar-refractivity contribution in [2.24, 2.45) is 5.73 Å². The molecule has 17 heavy (non-hydrogen) atoms. The van der Waals surface area contributed by atoms with Crippen LogP contribution in [-0.2, 0) is 4.79 Å². The normalized spacial score (nSPS) is 10.1. The van der Waals surface area contributed by atoms with Crippen LogP contribution >= 0.6 is 0 Å². The predicted molar refractivity (Wildman–Crippen MR) is 68.1 cm³/mol. The molecule has 0 saturated heterocycles. The molecule has 0 fully saturated rings. The van der Waals surface area contributed by atoms with Crippen LogP contribution in [-0.4, -0.2) is 25.6 Å². The highest BCUT2D eigenvalue weighted by atomic mass is 16.5. The Labute approximate surface area is 102 Å². The smallest absolute Gasteiger partial charge is 0.223 e. The summed E-state index contributed by atoms with van der Waals surface area (Å²) in [6.45, 7) is 5.42. The zero-order valence-corrected chi connectivity index (χ0v) is 10.5. The number of nitrogens with one attached hydrogen (secondary N) is 1. The van der Waals surface area contributed by atoms with E-state index in [-0.39, 0.29) is 5.91 Å². The van der Waals surface area contributed by atoms with Gasteiger partial charge in [0, 0.05) is 13.1 Å². The molecule has 0 aliphatic heterocycles. The minimum atomic E-state index is -0.0271. The van der Waals surface area contributed by atoms with Crippen molar-refractivity contribution in [2.45, 2.75) is 20.3 Å². The zero-order chi connectivity index (χ0) is 12.7. The molecule has 4 heteroatoms. The highest BCUT2D eigenvalue weighted by molar-refractivity contribution is 5.75. The Balaban J connectivity index is 2.36. The van der Waals surface area contributed by atoms with Crippen LogP contribution in [0.1, 0.15) is 17.5 Å². The van der Waals surface area contributed by atoms with Gasteiger partial charge in [-0.2, -0.15) is 0 Å². The first-order valence-corrected chi connectivity index (χ1v) is 5.81. The number of hydrogen-bond donors (Lipinski definition) is 2. The first kappa shape index (κ1) is 13.5. The van der Waals surface area contributed by atoms with E-state index in [1.807, 2.05) is 32.0 Å². The minimum Gasteiger partial charge on any atom is -0.493 e. The van der Waals surface area contributed by atoms with E-state index in [1.54, 1.807) is 0 Å². The number of carbonyl (C=O) groups is 1. The topological polar surface area (TPSA) is 64.3 Å². The number of nitrogens with two attached hydrogens (primary N) is 1. The van der Waals surface area contributed by atoms with E-state index in [4.69, 9.17) is 10.5 Å². The largest absolute Gasteiger partial charge is 0.493 e. The van der Waals surface area contributed by atoms with Gasteiger partial charge in [-0.25, -0.2) is 0 Å². The molecule has 0 atom stereocenters. The molecule has 94 valence electrons. The molecular formula is C13H20N2O2. The van der Waals surface area contributed by atoms with E-state index >= 15 is 0 Å². The highest BCUT2D eigenvalue weighted by Gasteiger charge is 2.04. The van der Waals surface area contributed by atoms with Crippen molar-refractivity contribution in [3.63, 3.8) is 0 Å². The lowest BCUT2D eigenvalue weighted by atomic mass is 10.1. The van der Waals surface area contributed by atoms with Gasteiger partial charge in [-0.15, -0.1) is 0 Å². The highest BCUT2D eigenvalue weighted by Crippen LogP contribution is 2.20. The van der Waals surface area contributed by atoms with Crippen molar-refractivity contribution >= 4 is 5.91 Å². The van der Waals surface area contributed by atoms with Gasteiger partial charge < -0.3 is 15.8 Å². The second kappa shape index (κ2) is 6.91. The lowest BCUT2D eigenvalue weighted by molar-refractivity contribution is -0.121. The maximum atomic E-state index is 11.3. The molecule has 1 aromatic carbocycles. The molecule has 1 aromatic rings. The summed E-state index contributed by atoms with van der Waals surface area (Å²) in [5.74, 6) is 0.817. The van der Waals surface area contributed by atoms with E-state index in [9.17, 15) is 4.79 Å². The van der Waals surface area contributed by atoms with Gasteiger partial charge in [-0.05, 0) is 31.0 Å². The second-order valence-corrected chi connectivity index (χ2v) is 3.94. The quantitative estimate of drug-likeness (QED) is 0.778. The molecule has 1 amide bonds. The first-order valence-electron chi connectivity index (χ1n) is 5.81. The molecule has 0 heterocycles. The number of ether oxygens (including phenoxy) is 1. The fraction of sp³-hybridized carbons (Fsp3) is 0.462. The van der Waals surface area contributed by atoms with Gasteiger partial charge in [-0.3, -0.25) is 4.79 Å². The molecule has 0 aromatic heterocycles. The fourth-order valence-corrected chi connectivity index (χ4v) is 1.43. The number of amides is 1. The summed E-state index contributed by atoms with van der Waals surface area (Å²) in [6, 6.07) is 5.91. The SMILES string of the molecule is Cc1cccc(OCCC(=O)NCCN)c1C. The Morgan fingerprint density at radius 1 is 1.41 bits per heavy atom. The maximum Gasteiger partial charge on any atom is 0.223 e. The summed E-state index contributed by atoms with van der Waals surface area (Å²) in [6.07, 6.45) is 0.355. The standard InChI is InChI=1S/C13H20N2O2/c1-10-4-3-5-12(11(10)2)17-9-6-13(16)15-8-7-14/h3-5H,6-9,14H2,1-2H3,(H,15,16). The van der Waals surface area contributed by atoms with E-state index in [2.05, 4.69) is 5.32 Å². The monoisotopic (exact) mass is 236 g/mol. The third-order valence-electron chi connectivity index (χ3n) is 2.61. The van der Waals surface area contributed by atoms with E-state index in [1.165, 1.54) is 5.56 Å². The average molecular weight is 236 g/mol. The molecule has 1 rings (SSSR count). The van der Waals surface area contributed by atoms with E-state index in [0.717, 1.165) is 11.3 Å². The summed E-state index contributed by atoms with van der Waals surface area (Å²) in [7, 11) is 0. The van der Waals surface area contributed by atoms with Crippen LogP contribution in [0.3, 0.4) is 0 Å². The first-order chi connectivity index (χ1) is 8.15. The number of rotatable bonds is 6. The second-order valence-electron chi connectivity index (χ2n) is 3.94. The molecule has 3 N–H and O–H groups in total. The Morgan fingerprint density at radius 3 is 2.88 bits per heavy atom. The molecule has 0 bridgehead atoms. The molecular weight excluding hydrogens is 216 g/mol. The Kier molecular flexibility index (Phi) is 5.49. The van der Waals surface area contributed by atoms with Crippen molar-refractivity contribution < 1.29 is 9.53 Å². The van der Waals surface area contributed by atoms with Crippen molar-refractivity contribution in [1.82, 2.24) is 5.32 Å². The summed E-state index contributed by atoms with van der Waals surface area (Å²) < 4.78 is 5.58. The summed E-state index contributed by atoms with van der Waals surface area (Å²) >= 11 is 0. The Morgan fingerprint density at radius 2 is 2.18 bits per heavy atom.